The van der Waals surface area contributed by atoms with Crippen LogP contribution in [0.1, 0.15) is 68.5 Å². The van der Waals surface area contributed by atoms with Gasteiger partial charge in [-0.05, 0) is 56.0 Å². The van der Waals surface area contributed by atoms with Gasteiger partial charge in [-0.1, -0.05) is 55.2 Å². The highest BCUT2D eigenvalue weighted by Gasteiger charge is 2.34. The number of nitrogens with zero attached hydrogens (tertiary/aromatic N) is 2. The number of hydrogen-bond acceptors (Lipinski definition) is 6. The maximum atomic E-state index is 14.0. The number of aromatic nitrogens is 1. The molecule has 41 heavy (non-hydrogen) atoms. The number of carbonyl (C=O) groups is 3. The summed E-state index contributed by atoms with van der Waals surface area (Å²) < 4.78 is 11.1. The number of ether oxygens (including phenoxy) is 2. The summed E-state index contributed by atoms with van der Waals surface area (Å²) in [5.41, 5.74) is 2.30. The molecule has 2 aliphatic rings. The number of fused-ring (bicyclic) bond motifs is 1. The van der Waals surface area contributed by atoms with Gasteiger partial charge in [0.2, 0.25) is 24.5 Å². The van der Waals surface area contributed by atoms with Crippen LogP contribution in [-0.2, 0) is 14.4 Å². The summed E-state index contributed by atoms with van der Waals surface area (Å²) >= 11 is 0. The van der Waals surface area contributed by atoms with E-state index in [4.69, 9.17) is 9.47 Å². The van der Waals surface area contributed by atoms with Gasteiger partial charge < -0.3 is 20.1 Å². The topological polar surface area (TPSA) is 110 Å². The molecule has 9 nitrogen and oxygen atoms in total. The SMILES string of the molecule is Cc1ccc([C@@H](C(=O)NC2CCCCC2)N(C(=O)CCCC(=O)Nc2ccccn2)c2ccc3c(c2)OCO3)cc1. The quantitative estimate of drug-likeness (QED) is 0.344. The average molecular weight is 557 g/mol. The first kappa shape index (κ1) is 28.1. The van der Waals surface area contributed by atoms with Crippen LogP contribution in [0.5, 0.6) is 11.5 Å². The normalized spacial score (nSPS) is 15.1. The van der Waals surface area contributed by atoms with Gasteiger partial charge in [-0.25, -0.2) is 4.98 Å². The first-order valence-corrected chi connectivity index (χ1v) is 14.3. The molecule has 3 aromatic rings. The molecule has 1 aromatic heterocycles. The maximum absolute atomic E-state index is 14.0. The van der Waals surface area contributed by atoms with Gasteiger partial charge in [0.15, 0.2) is 11.5 Å². The Hall–Kier alpha value is -4.40. The summed E-state index contributed by atoms with van der Waals surface area (Å²) in [7, 11) is 0. The lowest BCUT2D eigenvalue weighted by Gasteiger charge is -2.33. The summed E-state index contributed by atoms with van der Waals surface area (Å²) in [4.78, 5) is 46.2. The second-order valence-corrected chi connectivity index (χ2v) is 10.6. The van der Waals surface area contributed by atoms with Crippen LogP contribution < -0.4 is 25.0 Å². The zero-order valence-corrected chi connectivity index (χ0v) is 23.3. The lowest BCUT2D eigenvalue weighted by molar-refractivity contribution is -0.127. The van der Waals surface area contributed by atoms with Crippen LogP contribution in [0.3, 0.4) is 0 Å². The van der Waals surface area contributed by atoms with Crippen molar-refractivity contribution >= 4 is 29.2 Å². The zero-order chi connectivity index (χ0) is 28.6. The minimum atomic E-state index is -0.896. The van der Waals surface area contributed by atoms with Crippen molar-refractivity contribution < 1.29 is 23.9 Å². The molecule has 0 unspecified atom stereocenters. The molecule has 9 heteroatoms. The molecular weight excluding hydrogens is 520 g/mol. The summed E-state index contributed by atoms with van der Waals surface area (Å²) in [6.07, 6.45) is 7.30. The highest BCUT2D eigenvalue weighted by molar-refractivity contribution is 6.02. The van der Waals surface area contributed by atoms with Crippen molar-refractivity contribution in [1.29, 1.82) is 0 Å². The number of rotatable bonds is 10. The highest BCUT2D eigenvalue weighted by atomic mass is 16.7. The van der Waals surface area contributed by atoms with E-state index < -0.39 is 6.04 Å². The van der Waals surface area contributed by atoms with Crippen LogP contribution in [0, 0.1) is 6.92 Å². The van der Waals surface area contributed by atoms with E-state index in [9.17, 15) is 14.4 Å². The molecule has 3 amide bonds. The first-order valence-electron chi connectivity index (χ1n) is 14.3. The van der Waals surface area contributed by atoms with Crippen LogP contribution in [0.15, 0.2) is 66.9 Å². The number of hydrogen-bond donors (Lipinski definition) is 2. The van der Waals surface area contributed by atoms with Crippen molar-refractivity contribution in [1.82, 2.24) is 10.3 Å². The van der Waals surface area contributed by atoms with E-state index in [0.717, 1.165) is 31.2 Å². The van der Waals surface area contributed by atoms with Crippen molar-refractivity contribution in [3.05, 3.63) is 78.0 Å². The lowest BCUT2D eigenvalue weighted by Crippen LogP contribution is -2.47. The van der Waals surface area contributed by atoms with Crippen molar-refractivity contribution in [3.63, 3.8) is 0 Å². The number of benzene rings is 2. The Kier molecular flexibility index (Phi) is 9.13. The standard InChI is InChI=1S/C32H36N4O5/c1-22-13-15-23(16-14-22)31(32(39)34-24-8-3-2-4-9-24)36(25-17-18-26-27(20-25)41-21-40-26)30(38)12-7-11-29(37)35-28-10-5-6-19-33-28/h5-6,10,13-20,24,31H,2-4,7-9,11-12,21H2,1H3,(H,34,39)(H,33,35,37)/t31-/m0/s1. The van der Waals surface area contributed by atoms with E-state index in [2.05, 4.69) is 15.6 Å². The molecule has 1 saturated carbocycles. The fraction of sp³-hybridized carbons (Fsp3) is 0.375. The summed E-state index contributed by atoms with van der Waals surface area (Å²) in [5, 5.41) is 5.98. The number of aryl methyl sites for hydroxylation is 1. The molecule has 1 atom stereocenters. The van der Waals surface area contributed by atoms with E-state index in [1.54, 1.807) is 47.5 Å². The smallest absolute Gasteiger partial charge is 0.248 e. The Morgan fingerprint density at radius 1 is 0.951 bits per heavy atom. The summed E-state index contributed by atoms with van der Waals surface area (Å²) in [6, 6.07) is 17.4. The van der Waals surface area contributed by atoms with E-state index in [1.165, 1.54) is 6.42 Å². The molecule has 2 aromatic carbocycles. The van der Waals surface area contributed by atoms with Gasteiger partial charge in [-0.2, -0.15) is 0 Å². The van der Waals surface area contributed by atoms with Crippen molar-refractivity contribution in [2.45, 2.75) is 70.4 Å². The van der Waals surface area contributed by atoms with Gasteiger partial charge in [-0.15, -0.1) is 0 Å². The minimum Gasteiger partial charge on any atom is -0.454 e. The van der Waals surface area contributed by atoms with Crippen LogP contribution in [0.25, 0.3) is 0 Å². The molecule has 0 spiro atoms. The third-order valence-corrected chi connectivity index (χ3v) is 7.48. The van der Waals surface area contributed by atoms with Crippen molar-refractivity contribution in [2.75, 3.05) is 17.0 Å². The summed E-state index contributed by atoms with van der Waals surface area (Å²) in [6.45, 7) is 2.08. The Morgan fingerprint density at radius 2 is 1.73 bits per heavy atom. The predicted octanol–water partition coefficient (Wildman–Crippen LogP) is 5.45. The predicted molar refractivity (Wildman–Crippen MR) is 156 cm³/mol. The Labute approximate surface area is 240 Å². The molecule has 0 bridgehead atoms. The molecule has 2 heterocycles. The second kappa shape index (κ2) is 13.3. The Bertz CT molecular complexity index is 1360. The van der Waals surface area contributed by atoms with E-state index in [1.807, 2.05) is 31.2 Å². The number of anilines is 2. The molecule has 214 valence electrons. The molecule has 5 rings (SSSR count). The second-order valence-electron chi connectivity index (χ2n) is 10.6. The Balaban J connectivity index is 1.40. The van der Waals surface area contributed by atoms with Gasteiger partial charge in [0.1, 0.15) is 11.9 Å². The molecule has 0 radical (unpaired) electrons. The number of nitrogens with one attached hydrogen (secondary N) is 2. The third-order valence-electron chi connectivity index (χ3n) is 7.48. The largest absolute Gasteiger partial charge is 0.454 e. The molecule has 2 N–H and O–H groups in total. The van der Waals surface area contributed by atoms with Crippen LogP contribution in [0.2, 0.25) is 0 Å². The molecule has 1 aliphatic carbocycles. The molecule has 0 saturated heterocycles. The number of pyridine rings is 1. The first-order chi connectivity index (χ1) is 20.0. The van der Waals surface area contributed by atoms with Crippen molar-refractivity contribution in [3.8, 4) is 11.5 Å². The monoisotopic (exact) mass is 556 g/mol. The molecule has 1 aliphatic heterocycles. The lowest BCUT2D eigenvalue weighted by atomic mass is 9.94. The van der Waals surface area contributed by atoms with E-state index in [0.29, 0.717) is 35.0 Å². The van der Waals surface area contributed by atoms with Crippen LogP contribution >= 0.6 is 0 Å². The fourth-order valence-electron chi connectivity index (χ4n) is 5.33. The number of carbonyl (C=O) groups excluding carboxylic acids is 3. The Morgan fingerprint density at radius 3 is 2.49 bits per heavy atom. The van der Waals surface area contributed by atoms with Crippen LogP contribution in [0.4, 0.5) is 11.5 Å². The molecular formula is C32H36N4O5. The van der Waals surface area contributed by atoms with Gasteiger partial charge in [0.25, 0.3) is 0 Å². The summed E-state index contributed by atoms with van der Waals surface area (Å²) in [5.74, 6) is 0.857. The maximum Gasteiger partial charge on any atom is 0.248 e. The average Bonchev–Trinajstić information content (AvgIpc) is 3.45. The van der Waals surface area contributed by atoms with Gasteiger partial charge in [0.05, 0.1) is 0 Å². The van der Waals surface area contributed by atoms with Gasteiger partial charge in [0, 0.05) is 36.8 Å². The molecule has 1 fully saturated rings. The number of amides is 3. The third kappa shape index (κ3) is 7.22. The zero-order valence-electron chi connectivity index (χ0n) is 23.3. The van der Waals surface area contributed by atoms with Gasteiger partial charge in [-0.3, -0.25) is 19.3 Å². The fourth-order valence-corrected chi connectivity index (χ4v) is 5.33. The van der Waals surface area contributed by atoms with E-state index in [-0.39, 0.29) is 43.4 Å². The highest BCUT2D eigenvalue weighted by Crippen LogP contribution is 2.38. The van der Waals surface area contributed by atoms with Crippen LogP contribution in [-0.4, -0.2) is 35.5 Å². The minimum absolute atomic E-state index is 0.0726. The van der Waals surface area contributed by atoms with Gasteiger partial charge >= 0.3 is 0 Å². The van der Waals surface area contributed by atoms with Crippen molar-refractivity contribution in [2.24, 2.45) is 0 Å². The van der Waals surface area contributed by atoms with E-state index >= 15 is 0 Å².